The van der Waals surface area contributed by atoms with E-state index in [1.54, 1.807) is 23.5 Å². The molecule has 2 aromatic heterocycles. The number of rotatable bonds is 1. The van der Waals surface area contributed by atoms with Gasteiger partial charge < -0.3 is 5.73 Å². The predicted octanol–water partition coefficient (Wildman–Crippen LogP) is 3.03. The molecule has 0 amide bonds. The first-order valence-corrected chi connectivity index (χ1v) is 5.74. The van der Waals surface area contributed by atoms with Crippen LogP contribution in [0.3, 0.4) is 0 Å². The van der Waals surface area contributed by atoms with E-state index in [2.05, 4.69) is 20.9 Å². The lowest BCUT2D eigenvalue weighted by Crippen LogP contribution is -1.95. The summed E-state index contributed by atoms with van der Waals surface area (Å²) < 4.78 is 1.04. The molecule has 0 spiro atoms. The molecule has 15 heavy (non-hydrogen) atoms. The number of halogens is 1. The lowest BCUT2D eigenvalue weighted by atomic mass is 10.2. The Hall–Kier alpha value is -1.38. The van der Waals surface area contributed by atoms with E-state index < -0.39 is 0 Å². The summed E-state index contributed by atoms with van der Waals surface area (Å²) in [7, 11) is 0. The van der Waals surface area contributed by atoms with Gasteiger partial charge in [-0.15, -0.1) is 11.3 Å². The van der Waals surface area contributed by atoms with Crippen molar-refractivity contribution in [1.29, 1.82) is 5.26 Å². The number of anilines is 1. The molecule has 0 fully saturated rings. The summed E-state index contributed by atoms with van der Waals surface area (Å²) in [4.78, 5) is 5.20. The zero-order chi connectivity index (χ0) is 10.8. The van der Waals surface area contributed by atoms with Crippen LogP contribution in [0.4, 0.5) is 5.82 Å². The quantitative estimate of drug-likeness (QED) is 0.873. The molecule has 0 unspecified atom stereocenters. The summed E-state index contributed by atoms with van der Waals surface area (Å²) in [5, 5.41) is 8.71. The van der Waals surface area contributed by atoms with Gasteiger partial charge in [0.15, 0.2) is 0 Å². The second kappa shape index (κ2) is 4.01. The van der Waals surface area contributed by atoms with Gasteiger partial charge in [-0.2, -0.15) is 5.26 Å². The molecule has 5 heteroatoms. The SMILES string of the molecule is N#Cc1ccc(-c2ccc(Br)s2)nc1N. The van der Waals surface area contributed by atoms with Crippen LogP contribution < -0.4 is 5.73 Å². The molecular formula is C10H6BrN3S. The number of hydrogen-bond acceptors (Lipinski definition) is 4. The highest BCUT2D eigenvalue weighted by atomic mass is 79.9. The van der Waals surface area contributed by atoms with Gasteiger partial charge in [-0.25, -0.2) is 4.98 Å². The van der Waals surface area contributed by atoms with Crippen molar-refractivity contribution in [2.45, 2.75) is 0 Å². The smallest absolute Gasteiger partial charge is 0.142 e. The van der Waals surface area contributed by atoms with Crippen LogP contribution in [0.25, 0.3) is 10.6 Å². The van der Waals surface area contributed by atoms with Crippen LogP contribution in [0.1, 0.15) is 5.56 Å². The maximum Gasteiger partial charge on any atom is 0.142 e. The lowest BCUT2D eigenvalue weighted by Gasteiger charge is -1.99. The van der Waals surface area contributed by atoms with E-state index in [4.69, 9.17) is 11.0 Å². The Kier molecular flexibility index (Phi) is 2.71. The van der Waals surface area contributed by atoms with Crippen molar-refractivity contribution in [2.24, 2.45) is 0 Å². The fourth-order valence-corrected chi connectivity index (χ4v) is 2.51. The van der Waals surface area contributed by atoms with Gasteiger partial charge in [0.25, 0.3) is 0 Å². The van der Waals surface area contributed by atoms with Gasteiger partial charge in [-0.3, -0.25) is 0 Å². The summed E-state index contributed by atoms with van der Waals surface area (Å²) in [6.07, 6.45) is 0. The molecule has 0 aliphatic heterocycles. The fraction of sp³-hybridized carbons (Fsp3) is 0. The van der Waals surface area contributed by atoms with Gasteiger partial charge in [-0.05, 0) is 40.2 Å². The third-order valence-corrected chi connectivity index (χ3v) is 3.52. The van der Waals surface area contributed by atoms with Crippen LogP contribution >= 0.6 is 27.3 Å². The maximum absolute atomic E-state index is 8.71. The van der Waals surface area contributed by atoms with Crippen molar-refractivity contribution in [3.8, 4) is 16.6 Å². The van der Waals surface area contributed by atoms with Gasteiger partial charge in [0.2, 0.25) is 0 Å². The highest BCUT2D eigenvalue weighted by Crippen LogP contribution is 2.30. The monoisotopic (exact) mass is 279 g/mol. The Bertz CT molecular complexity index is 542. The van der Waals surface area contributed by atoms with Gasteiger partial charge >= 0.3 is 0 Å². The predicted molar refractivity (Wildman–Crippen MR) is 64.4 cm³/mol. The van der Waals surface area contributed by atoms with E-state index in [1.807, 2.05) is 18.2 Å². The Morgan fingerprint density at radius 2 is 2.13 bits per heavy atom. The molecule has 0 aromatic carbocycles. The van der Waals surface area contributed by atoms with Crippen molar-refractivity contribution < 1.29 is 0 Å². The van der Waals surface area contributed by atoms with Crippen LogP contribution in [-0.4, -0.2) is 4.98 Å². The zero-order valence-electron chi connectivity index (χ0n) is 7.57. The summed E-state index contributed by atoms with van der Waals surface area (Å²) in [6, 6.07) is 9.39. The first-order chi connectivity index (χ1) is 7.20. The summed E-state index contributed by atoms with van der Waals surface area (Å²) in [6.45, 7) is 0. The highest BCUT2D eigenvalue weighted by Gasteiger charge is 2.05. The first-order valence-electron chi connectivity index (χ1n) is 4.13. The highest BCUT2D eigenvalue weighted by molar-refractivity contribution is 9.11. The van der Waals surface area contributed by atoms with E-state index in [9.17, 15) is 0 Å². The third kappa shape index (κ3) is 2.01. The number of aromatic nitrogens is 1. The Labute approximate surface area is 99.3 Å². The summed E-state index contributed by atoms with van der Waals surface area (Å²) in [5.74, 6) is 0.277. The number of nitrogen functional groups attached to an aromatic ring is 1. The van der Waals surface area contributed by atoms with Gasteiger partial charge in [0, 0.05) is 0 Å². The van der Waals surface area contributed by atoms with Gasteiger partial charge in [0.05, 0.1) is 19.9 Å². The minimum Gasteiger partial charge on any atom is -0.383 e. The van der Waals surface area contributed by atoms with E-state index in [-0.39, 0.29) is 5.82 Å². The molecule has 0 atom stereocenters. The van der Waals surface area contributed by atoms with Crippen molar-refractivity contribution >= 4 is 33.1 Å². The number of hydrogen-bond donors (Lipinski definition) is 1. The second-order valence-corrected chi connectivity index (χ2v) is 5.31. The Balaban J connectivity index is 2.48. The average Bonchev–Trinajstić information content (AvgIpc) is 2.65. The molecule has 0 saturated heterocycles. The lowest BCUT2D eigenvalue weighted by molar-refractivity contribution is 1.32. The molecule has 0 aliphatic rings. The molecule has 0 radical (unpaired) electrons. The van der Waals surface area contributed by atoms with Crippen LogP contribution in [0.2, 0.25) is 0 Å². The normalized spacial score (nSPS) is 9.87. The van der Waals surface area contributed by atoms with Crippen LogP contribution in [0.15, 0.2) is 28.1 Å². The number of thiophene rings is 1. The molecule has 0 bridgehead atoms. The average molecular weight is 280 g/mol. The van der Waals surface area contributed by atoms with Crippen LogP contribution in [0, 0.1) is 11.3 Å². The molecular weight excluding hydrogens is 274 g/mol. The largest absolute Gasteiger partial charge is 0.383 e. The van der Waals surface area contributed by atoms with E-state index in [0.717, 1.165) is 14.4 Å². The van der Waals surface area contributed by atoms with Crippen LogP contribution in [0.5, 0.6) is 0 Å². The standard InChI is InChI=1S/C10H6BrN3S/c11-9-4-3-8(15-9)7-2-1-6(5-12)10(13)14-7/h1-4H,(H2,13,14). The minimum absolute atomic E-state index is 0.277. The van der Waals surface area contributed by atoms with E-state index in [0.29, 0.717) is 5.56 Å². The van der Waals surface area contributed by atoms with Gasteiger partial charge in [0.1, 0.15) is 11.9 Å². The van der Waals surface area contributed by atoms with Crippen molar-refractivity contribution in [3.63, 3.8) is 0 Å². The number of nitrogens with zero attached hydrogens (tertiary/aromatic N) is 2. The molecule has 3 nitrogen and oxygen atoms in total. The molecule has 0 aliphatic carbocycles. The zero-order valence-corrected chi connectivity index (χ0v) is 9.97. The molecule has 0 saturated carbocycles. The van der Waals surface area contributed by atoms with Crippen molar-refractivity contribution in [3.05, 3.63) is 33.6 Å². The molecule has 74 valence electrons. The minimum atomic E-state index is 0.277. The van der Waals surface area contributed by atoms with Crippen LogP contribution in [-0.2, 0) is 0 Å². The molecule has 2 aromatic rings. The summed E-state index contributed by atoms with van der Waals surface area (Å²) in [5.41, 5.74) is 6.84. The molecule has 2 N–H and O–H groups in total. The number of nitriles is 1. The van der Waals surface area contributed by atoms with Crippen molar-refractivity contribution in [1.82, 2.24) is 4.98 Å². The van der Waals surface area contributed by atoms with E-state index >= 15 is 0 Å². The summed E-state index contributed by atoms with van der Waals surface area (Å²) >= 11 is 4.96. The Morgan fingerprint density at radius 3 is 2.67 bits per heavy atom. The molecule has 2 rings (SSSR count). The fourth-order valence-electron chi connectivity index (χ4n) is 1.16. The Morgan fingerprint density at radius 1 is 1.33 bits per heavy atom. The topological polar surface area (TPSA) is 62.7 Å². The second-order valence-electron chi connectivity index (χ2n) is 2.84. The number of pyridine rings is 1. The first kappa shape index (κ1) is 10.1. The van der Waals surface area contributed by atoms with Crippen molar-refractivity contribution in [2.75, 3.05) is 5.73 Å². The molecule has 2 heterocycles. The van der Waals surface area contributed by atoms with Gasteiger partial charge in [-0.1, -0.05) is 0 Å². The maximum atomic E-state index is 8.71. The van der Waals surface area contributed by atoms with E-state index in [1.165, 1.54) is 0 Å². The third-order valence-electron chi connectivity index (χ3n) is 1.87. The number of nitrogens with two attached hydrogens (primary N) is 1.